The Hall–Kier alpha value is -4.26. The molecule has 1 aliphatic heterocycles. The first-order valence-corrected chi connectivity index (χ1v) is 9.52. The van der Waals surface area contributed by atoms with Gasteiger partial charge in [0.05, 0.1) is 12.1 Å². The van der Waals surface area contributed by atoms with E-state index >= 15 is 0 Å². The number of carboxylic acids is 1. The van der Waals surface area contributed by atoms with Crippen molar-refractivity contribution in [2.75, 3.05) is 24.5 Å². The summed E-state index contributed by atoms with van der Waals surface area (Å²) in [5.41, 5.74) is 1.37. The second-order valence-corrected chi connectivity index (χ2v) is 7.03. The molecule has 1 unspecified atom stereocenters. The zero-order valence-electron chi connectivity index (χ0n) is 16.6. The van der Waals surface area contributed by atoms with Crippen molar-refractivity contribution in [1.29, 1.82) is 5.26 Å². The first-order chi connectivity index (χ1) is 15.0. The van der Waals surface area contributed by atoms with Crippen LogP contribution in [0.2, 0.25) is 0 Å². The third-order valence-corrected chi connectivity index (χ3v) is 5.02. The maximum absolute atomic E-state index is 13.2. The summed E-state index contributed by atoms with van der Waals surface area (Å²) in [6.07, 6.45) is 1.44. The highest BCUT2D eigenvalue weighted by Gasteiger charge is 2.36. The van der Waals surface area contributed by atoms with E-state index in [1.54, 1.807) is 48.2 Å². The number of amides is 1. The van der Waals surface area contributed by atoms with Crippen LogP contribution in [-0.4, -0.2) is 62.7 Å². The molecule has 156 valence electrons. The molecule has 0 saturated carbocycles. The van der Waals surface area contributed by atoms with E-state index in [0.29, 0.717) is 40.8 Å². The number of pyridine rings is 1. The fourth-order valence-electron chi connectivity index (χ4n) is 3.46. The summed E-state index contributed by atoms with van der Waals surface area (Å²) in [4.78, 5) is 36.6. The number of benzene rings is 1. The lowest BCUT2D eigenvalue weighted by Gasteiger charge is -2.39. The van der Waals surface area contributed by atoms with Crippen LogP contribution in [0.1, 0.15) is 21.8 Å². The SMILES string of the molecule is Cc1nc(-c2cccc(C(=O)N3CCN(c4ccc(C#N)cn4)CC3C(=O)O)c2)no1. The second kappa shape index (κ2) is 8.23. The lowest BCUT2D eigenvalue weighted by Crippen LogP contribution is -2.58. The first kappa shape index (κ1) is 20.0. The van der Waals surface area contributed by atoms with Crippen LogP contribution < -0.4 is 4.90 Å². The Morgan fingerprint density at radius 3 is 2.74 bits per heavy atom. The van der Waals surface area contributed by atoms with Gasteiger partial charge < -0.3 is 19.4 Å². The topological polar surface area (TPSA) is 136 Å². The van der Waals surface area contributed by atoms with E-state index in [0.717, 1.165) is 0 Å². The second-order valence-electron chi connectivity index (χ2n) is 7.03. The Morgan fingerprint density at radius 2 is 2.10 bits per heavy atom. The van der Waals surface area contributed by atoms with Gasteiger partial charge in [0.1, 0.15) is 17.9 Å². The molecule has 1 saturated heterocycles. The predicted octanol–water partition coefficient (Wildman–Crippen LogP) is 1.73. The number of hydrogen-bond donors (Lipinski definition) is 1. The summed E-state index contributed by atoms with van der Waals surface area (Å²) in [6.45, 7) is 2.38. The molecule has 31 heavy (non-hydrogen) atoms. The van der Waals surface area contributed by atoms with Crippen LogP contribution in [0.15, 0.2) is 47.1 Å². The van der Waals surface area contributed by atoms with E-state index in [-0.39, 0.29) is 19.0 Å². The molecule has 1 atom stereocenters. The van der Waals surface area contributed by atoms with Gasteiger partial charge in [-0.2, -0.15) is 10.2 Å². The van der Waals surface area contributed by atoms with Crippen LogP contribution >= 0.6 is 0 Å². The van der Waals surface area contributed by atoms with E-state index in [4.69, 9.17) is 9.78 Å². The van der Waals surface area contributed by atoms with E-state index < -0.39 is 12.0 Å². The summed E-state index contributed by atoms with van der Waals surface area (Å²) >= 11 is 0. The first-order valence-electron chi connectivity index (χ1n) is 9.52. The quantitative estimate of drug-likeness (QED) is 0.671. The Labute approximate surface area is 177 Å². The fourth-order valence-corrected chi connectivity index (χ4v) is 3.46. The third-order valence-electron chi connectivity index (χ3n) is 5.02. The molecule has 10 nitrogen and oxygen atoms in total. The third kappa shape index (κ3) is 4.06. The van der Waals surface area contributed by atoms with Gasteiger partial charge in [0.25, 0.3) is 5.91 Å². The number of aliphatic carboxylic acids is 1. The number of carboxylic acid groups (broad SMARTS) is 1. The maximum atomic E-state index is 13.2. The summed E-state index contributed by atoms with van der Waals surface area (Å²) in [5.74, 6) is -0.158. The van der Waals surface area contributed by atoms with Gasteiger partial charge in [0.2, 0.25) is 11.7 Å². The molecule has 4 rings (SSSR count). The smallest absolute Gasteiger partial charge is 0.328 e. The van der Waals surface area contributed by atoms with Gasteiger partial charge in [-0.1, -0.05) is 17.3 Å². The standard InChI is InChI=1S/C21H18N6O4/c1-13-24-19(25-31-13)15-3-2-4-16(9-15)20(28)27-8-7-26(12-17(27)21(29)30)18-6-5-14(10-22)11-23-18/h2-6,9,11,17H,7-8,12H2,1H3,(H,29,30). The van der Waals surface area contributed by atoms with Crippen molar-refractivity contribution in [3.63, 3.8) is 0 Å². The zero-order valence-corrected chi connectivity index (χ0v) is 16.6. The number of hydrogen-bond acceptors (Lipinski definition) is 8. The van der Waals surface area contributed by atoms with E-state index in [9.17, 15) is 14.7 Å². The van der Waals surface area contributed by atoms with Crippen LogP contribution in [0.3, 0.4) is 0 Å². The molecule has 3 aromatic rings. The Kier molecular flexibility index (Phi) is 5.32. The summed E-state index contributed by atoms with van der Waals surface area (Å²) in [6, 6.07) is 11.0. The number of aryl methyl sites for hydroxylation is 1. The highest BCUT2D eigenvalue weighted by Crippen LogP contribution is 2.22. The van der Waals surface area contributed by atoms with Crippen molar-refractivity contribution in [1.82, 2.24) is 20.0 Å². The van der Waals surface area contributed by atoms with Crippen molar-refractivity contribution in [3.05, 3.63) is 59.6 Å². The number of aromatic nitrogens is 3. The lowest BCUT2D eigenvalue weighted by molar-refractivity contribution is -0.142. The van der Waals surface area contributed by atoms with E-state index in [2.05, 4.69) is 15.1 Å². The molecule has 1 aromatic carbocycles. The number of anilines is 1. The number of carbonyl (C=O) groups excluding carboxylic acids is 1. The molecule has 2 aromatic heterocycles. The van der Waals surface area contributed by atoms with Crippen LogP contribution in [0.4, 0.5) is 5.82 Å². The van der Waals surface area contributed by atoms with E-state index in [1.165, 1.54) is 11.1 Å². The van der Waals surface area contributed by atoms with Gasteiger partial charge in [-0.15, -0.1) is 0 Å². The van der Waals surface area contributed by atoms with Crippen molar-refractivity contribution in [2.24, 2.45) is 0 Å². The Balaban J connectivity index is 1.55. The molecular weight excluding hydrogens is 400 g/mol. The number of piperazine rings is 1. The summed E-state index contributed by atoms with van der Waals surface area (Å²) in [5, 5.41) is 22.5. The van der Waals surface area contributed by atoms with Gasteiger partial charge in [-0.05, 0) is 24.3 Å². The summed E-state index contributed by atoms with van der Waals surface area (Å²) < 4.78 is 4.99. The molecule has 1 fully saturated rings. The Bertz CT molecular complexity index is 1170. The largest absolute Gasteiger partial charge is 0.480 e. The normalized spacial score (nSPS) is 16.1. The van der Waals surface area contributed by atoms with Crippen LogP contribution in [0, 0.1) is 18.3 Å². The van der Waals surface area contributed by atoms with Crippen molar-refractivity contribution >= 4 is 17.7 Å². The monoisotopic (exact) mass is 418 g/mol. The summed E-state index contributed by atoms with van der Waals surface area (Å²) in [7, 11) is 0. The van der Waals surface area contributed by atoms with Gasteiger partial charge in [-0.25, -0.2) is 9.78 Å². The number of nitrogens with zero attached hydrogens (tertiary/aromatic N) is 6. The van der Waals surface area contributed by atoms with Gasteiger partial charge in [0.15, 0.2) is 0 Å². The van der Waals surface area contributed by atoms with Gasteiger partial charge in [0, 0.05) is 37.3 Å². The maximum Gasteiger partial charge on any atom is 0.328 e. The number of rotatable bonds is 4. The molecule has 0 bridgehead atoms. The molecular formula is C21H18N6O4. The zero-order chi connectivity index (χ0) is 22.0. The average molecular weight is 418 g/mol. The van der Waals surface area contributed by atoms with Crippen molar-refractivity contribution in [3.8, 4) is 17.5 Å². The highest BCUT2D eigenvalue weighted by atomic mass is 16.5. The number of carbonyl (C=O) groups is 2. The molecule has 0 aliphatic carbocycles. The van der Waals surface area contributed by atoms with Gasteiger partial charge in [-0.3, -0.25) is 4.79 Å². The minimum absolute atomic E-state index is 0.0870. The fraction of sp³-hybridized carbons (Fsp3) is 0.238. The number of nitriles is 1. The van der Waals surface area contributed by atoms with Crippen LogP contribution in [0.5, 0.6) is 0 Å². The minimum Gasteiger partial charge on any atom is -0.480 e. The lowest BCUT2D eigenvalue weighted by atomic mass is 10.1. The molecule has 1 amide bonds. The average Bonchev–Trinajstić information content (AvgIpc) is 3.24. The van der Waals surface area contributed by atoms with Crippen molar-refractivity contribution < 1.29 is 19.2 Å². The van der Waals surface area contributed by atoms with Crippen molar-refractivity contribution in [2.45, 2.75) is 13.0 Å². The molecule has 0 spiro atoms. The van der Waals surface area contributed by atoms with Gasteiger partial charge >= 0.3 is 5.97 Å². The van der Waals surface area contributed by atoms with Crippen LogP contribution in [0.25, 0.3) is 11.4 Å². The Morgan fingerprint density at radius 1 is 1.26 bits per heavy atom. The van der Waals surface area contributed by atoms with Crippen LogP contribution in [-0.2, 0) is 4.79 Å². The molecule has 3 heterocycles. The molecule has 1 N–H and O–H groups in total. The molecule has 1 aliphatic rings. The predicted molar refractivity (Wildman–Crippen MR) is 108 cm³/mol. The molecule has 0 radical (unpaired) electrons. The minimum atomic E-state index is -1.10. The highest BCUT2D eigenvalue weighted by molar-refractivity contribution is 5.98. The molecule has 10 heteroatoms. The van der Waals surface area contributed by atoms with E-state index in [1.807, 2.05) is 6.07 Å².